The largest absolute Gasteiger partial charge is 0.303 e. The highest BCUT2D eigenvalue weighted by molar-refractivity contribution is 5.49. The number of aldehydes is 1. The Hall–Kier alpha value is -1.37. The summed E-state index contributed by atoms with van der Waals surface area (Å²) < 4.78 is 0. The molecule has 0 saturated heterocycles. The number of hydrogen-bond acceptors (Lipinski definition) is 1. The van der Waals surface area contributed by atoms with E-state index in [1.165, 1.54) is 6.42 Å². The Labute approximate surface area is 106 Å². The predicted octanol–water partition coefficient (Wildman–Crippen LogP) is 4.77. The minimum absolute atomic E-state index is 0.625. The Morgan fingerprint density at radius 1 is 0.706 bits per heavy atom. The second kappa shape index (κ2) is 14.6. The maximum atomic E-state index is 10.0. The lowest BCUT2D eigenvalue weighted by Crippen LogP contribution is -1.70. The first-order chi connectivity index (χ1) is 8.41. The molecule has 0 atom stereocenters. The molecule has 0 spiro atoms. The Morgan fingerprint density at radius 2 is 1.24 bits per heavy atom. The second-order valence-electron chi connectivity index (χ2n) is 3.80. The van der Waals surface area contributed by atoms with Crippen LogP contribution in [0.3, 0.4) is 0 Å². The molecule has 0 N–H and O–H groups in total. The number of carbonyl (C=O) groups excluding carboxylic acids is 1. The van der Waals surface area contributed by atoms with Gasteiger partial charge in [0.25, 0.3) is 0 Å². The van der Waals surface area contributed by atoms with Crippen molar-refractivity contribution in [1.82, 2.24) is 0 Å². The molecule has 1 heteroatoms. The number of hydrogen-bond donors (Lipinski definition) is 0. The smallest absolute Gasteiger partial charge is 0.120 e. The maximum Gasteiger partial charge on any atom is 0.120 e. The Kier molecular flexibility index (Phi) is 13.5. The average Bonchev–Trinajstić information content (AvgIpc) is 2.35. The molecule has 17 heavy (non-hydrogen) atoms. The SMILES string of the molecule is CC/C=C/C=C/CCC/C=C/C=C/CCC=O. The van der Waals surface area contributed by atoms with Crippen molar-refractivity contribution in [2.24, 2.45) is 0 Å². The summed E-state index contributed by atoms with van der Waals surface area (Å²) in [5.41, 5.74) is 0. The lowest BCUT2D eigenvalue weighted by atomic mass is 10.2. The van der Waals surface area contributed by atoms with Gasteiger partial charge < -0.3 is 4.79 Å². The van der Waals surface area contributed by atoms with Gasteiger partial charge >= 0.3 is 0 Å². The van der Waals surface area contributed by atoms with E-state index >= 15 is 0 Å². The van der Waals surface area contributed by atoms with E-state index in [2.05, 4.69) is 43.4 Å². The van der Waals surface area contributed by atoms with Gasteiger partial charge in [0.15, 0.2) is 0 Å². The van der Waals surface area contributed by atoms with Crippen LogP contribution >= 0.6 is 0 Å². The molecule has 0 aliphatic heterocycles. The minimum Gasteiger partial charge on any atom is -0.303 e. The second-order valence-corrected chi connectivity index (χ2v) is 3.80. The molecule has 0 saturated carbocycles. The first kappa shape index (κ1) is 15.6. The molecule has 0 heterocycles. The van der Waals surface area contributed by atoms with E-state index in [1.807, 2.05) is 12.2 Å². The van der Waals surface area contributed by atoms with Crippen LogP contribution in [-0.2, 0) is 4.79 Å². The van der Waals surface area contributed by atoms with E-state index in [4.69, 9.17) is 0 Å². The highest BCUT2D eigenvalue weighted by atomic mass is 16.1. The van der Waals surface area contributed by atoms with Crippen molar-refractivity contribution in [3.8, 4) is 0 Å². The quantitative estimate of drug-likeness (QED) is 0.301. The summed E-state index contributed by atoms with van der Waals surface area (Å²) in [6.45, 7) is 2.14. The molecule has 0 rings (SSSR count). The van der Waals surface area contributed by atoms with Gasteiger partial charge in [-0.05, 0) is 32.1 Å². The van der Waals surface area contributed by atoms with E-state index in [-0.39, 0.29) is 0 Å². The molecule has 0 amide bonds. The van der Waals surface area contributed by atoms with Crippen molar-refractivity contribution in [1.29, 1.82) is 0 Å². The van der Waals surface area contributed by atoms with Crippen LogP contribution in [0, 0.1) is 0 Å². The van der Waals surface area contributed by atoms with Crippen LogP contribution in [-0.4, -0.2) is 6.29 Å². The summed E-state index contributed by atoms with van der Waals surface area (Å²) in [4.78, 5) is 10.0. The van der Waals surface area contributed by atoms with E-state index in [0.717, 1.165) is 32.0 Å². The van der Waals surface area contributed by atoms with Crippen molar-refractivity contribution >= 4 is 6.29 Å². The molecular formula is C16H24O. The zero-order valence-electron chi connectivity index (χ0n) is 10.8. The van der Waals surface area contributed by atoms with Crippen LogP contribution in [0.4, 0.5) is 0 Å². The van der Waals surface area contributed by atoms with E-state index < -0.39 is 0 Å². The lowest BCUT2D eigenvalue weighted by Gasteiger charge is -1.88. The molecular weight excluding hydrogens is 208 g/mol. The third kappa shape index (κ3) is 14.6. The monoisotopic (exact) mass is 232 g/mol. The minimum atomic E-state index is 0.625. The Balaban J connectivity index is 3.35. The van der Waals surface area contributed by atoms with Gasteiger partial charge in [0, 0.05) is 6.42 Å². The molecule has 94 valence electrons. The molecule has 0 aromatic carbocycles. The molecule has 0 radical (unpaired) electrons. The molecule has 1 nitrogen and oxygen atoms in total. The summed E-state index contributed by atoms with van der Waals surface area (Å²) in [7, 11) is 0. The highest BCUT2D eigenvalue weighted by Gasteiger charge is 1.79. The van der Waals surface area contributed by atoms with Crippen LogP contribution in [0.5, 0.6) is 0 Å². The zero-order valence-corrected chi connectivity index (χ0v) is 10.8. The van der Waals surface area contributed by atoms with E-state index in [0.29, 0.717) is 6.42 Å². The summed E-state index contributed by atoms with van der Waals surface area (Å²) in [5, 5.41) is 0. The van der Waals surface area contributed by atoms with Gasteiger partial charge in [0.2, 0.25) is 0 Å². The molecule has 0 unspecified atom stereocenters. The average molecular weight is 232 g/mol. The summed E-state index contributed by atoms with van der Waals surface area (Å²) in [5.74, 6) is 0. The van der Waals surface area contributed by atoms with Crippen LogP contribution in [0.1, 0.15) is 45.4 Å². The fraction of sp³-hybridized carbons (Fsp3) is 0.438. The van der Waals surface area contributed by atoms with Crippen molar-refractivity contribution in [3.63, 3.8) is 0 Å². The number of unbranched alkanes of at least 4 members (excludes halogenated alkanes) is 3. The summed E-state index contributed by atoms with van der Waals surface area (Å²) in [6.07, 6.45) is 23.8. The third-order valence-corrected chi connectivity index (χ3v) is 2.20. The van der Waals surface area contributed by atoms with Crippen molar-refractivity contribution in [2.45, 2.75) is 45.4 Å². The van der Waals surface area contributed by atoms with Crippen LogP contribution in [0.15, 0.2) is 48.6 Å². The van der Waals surface area contributed by atoms with Crippen LogP contribution in [0.2, 0.25) is 0 Å². The first-order valence-electron chi connectivity index (χ1n) is 6.48. The Morgan fingerprint density at radius 3 is 1.76 bits per heavy atom. The third-order valence-electron chi connectivity index (χ3n) is 2.20. The zero-order chi connectivity index (χ0) is 12.6. The lowest BCUT2D eigenvalue weighted by molar-refractivity contribution is -0.107. The normalized spacial score (nSPS) is 12.5. The molecule has 0 aliphatic rings. The van der Waals surface area contributed by atoms with Crippen LogP contribution < -0.4 is 0 Å². The van der Waals surface area contributed by atoms with Gasteiger partial charge in [-0.1, -0.05) is 55.5 Å². The van der Waals surface area contributed by atoms with Crippen molar-refractivity contribution in [3.05, 3.63) is 48.6 Å². The topological polar surface area (TPSA) is 17.1 Å². The van der Waals surface area contributed by atoms with Crippen molar-refractivity contribution < 1.29 is 4.79 Å². The Bertz CT molecular complexity index is 269. The van der Waals surface area contributed by atoms with Gasteiger partial charge in [-0.25, -0.2) is 0 Å². The van der Waals surface area contributed by atoms with Gasteiger partial charge in [-0.15, -0.1) is 0 Å². The standard InChI is InChI=1S/C16H24O/c1-2-3-4-5-6-7-8-9-10-11-12-13-14-15-16-17/h3-6,10-13,16H,2,7-9,14-15H2,1H3/b4-3+,6-5+,11-10+,13-12+. The molecule has 0 aromatic rings. The predicted molar refractivity (Wildman–Crippen MR) is 76.0 cm³/mol. The first-order valence-corrected chi connectivity index (χ1v) is 6.48. The maximum absolute atomic E-state index is 10.0. The van der Waals surface area contributed by atoms with Gasteiger partial charge in [-0.2, -0.15) is 0 Å². The molecule has 0 bridgehead atoms. The highest BCUT2D eigenvalue weighted by Crippen LogP contribution is 1.99. The van der Waals surface area contributed by atoms with Gasteiger partial charge in [0.1, 0.15) is 6.29 Å². The van der Waals surface area contributed by atoms with Gasteiger partial charge in [0.05, 0.1) is 0 Å². The molecule has 0 aliphatic carbocycles. The molecule has 0 fully saturated rings. The molecule has 0 aromatic heterocycles. The van der Waals surface area contributed by atoms with E-state index in [1.54, 1.807) is 0 Å². The number of rotatable bonds is 10. The van der Waals surface area contributed by atoms with E-state index in [9.17, 15) is 4.79 Å². The number of allylic oxidation sites excluding steroid dienone is 8. The fourth-order valence-corrected chi connectivity index (χ4v) is 1.26. The fourth-order valence-electron chi connectivity index (χ4n) is 1.26. The van der Waals surface area contributed by atoms with Gasteiger partial charge in [-0.3, -0.25) is 0 Å². The van der Waals surface area contributed by atoms with Crippen LogP contribution in [0.25, 0.3) is 0 Å². The summed E-state index contributed by atoms with van der Waals surface area (Å²) in [6, 6.07) is 0. The summed E-state index contributed by atoms with van der Waals surface area (Å²) >= 11 is 0. The van der Waals surface area contributed by atoms with Crippen molar-refractivity contribution in [2.75, 3.05) is 0 Å². The number of carbonyl (C=O) groups is 1.